The van der Waals surface area contributed by atoms with Gasteiger partial charge in [0.1, 0.15) is 23.2 Å². The molecule has 2 N–H and O–H groups in total. The molecule has 1 aliphatic heterocycles. The second-order valence-corrected chi connectivity index (χ2v) is 3.35. The fourth-order valence-electron chi connectivity index (χ4n) is 1.46. The number of phenols is 1. The average molecular weight is 200 g/mol. The van der Waals surface area contributed by atoms with Gasteiger partial charge in [0.05, 0.1) is 0 Å². The summed E-state index contributed by atoms with van der Waals surface area (Å²) in [6.45, 7) is 0. The van der Waals surface area contributed by atoms with Gasteiger partial charge in [-0.2, -0.15) is 15.4 Å². The van der Waals surface area contributed by atoms with Crippen molar-refractivity contribution in [1.82, 2.24) is 15.4 Å². The number of rotatable bonds is 2. The number of aromatic hydroxyl groups is 1. The van der Waals surface area contributed by atoms with Gasteiger partial charge >= 0.3 is 0 Å². The normalized spacial score (nSPS) is 18.0. The Morgan fingerprint density at radius 2 is 1.87 bits per heavy atom. The molecule has 0 saturated carbocycles. The first-order chi connectivity index (χ1) is 7.34. The molecule has 1 aromatic carbocycles. The topological polar surface area (TPSA) is 74.2 Å². The molecule has 0 saturated heterocycles. The van der Waals surface area contributed by atoms with Crippen LogP contribution in [0.1, 0.15) is 11.7 Å². The zero-order valence-electron chi connectivity index (χ0n) is 7.75. The minimum atomic E-state index is 0.0764. The summed E-state index contributed by atoms with van der Waals surface area (Å²) in [5.74, 6) is 0.242. The monoisotopic (exact) mass is 200 g/mol. The van der Waals surface area contributed by atoms with E-state index < -0.39 is 0 Å². The predicted molar refractivity (Wildman–Crippen MR) is 54.7 cm³/mol. The summed E-state index contributed by atoms with van der Waals surface area (Å²) in [5.41, 5.74) is 2.55. The van der Waals surface area contributed by atoms with Crippen molar-refractivity contribution < 1.29 is 5.11 Å². The lowest BCUT2D eigenvalue weighted by Gasteiger charge is -1.98. The zero-order chi connectivity index (χ0) is 10.3. The molecule has 5 nitrogen and oxygen atoms in total. The molecule has 2 aromatic rings. The molecule has 0 amide bonds. The molecule has 1 aromatic heterocycles. The van der Waals surface area contributed by atoms with Crippen LogP contribution in [0.15, 0.2) is 29.3 Å². The Kier molecular flexibility index (Phi) is 1.58. The molecule has 0 spiro atoms. The van der Waals surface area contributed by atoms with Crippen molar-refractivity contribution in [3.63, 3.8) is 0 Å². The van der Waals surface area contributed by atoms with Crippen LogP contribution in [0, 0.1) is 0 Å². The molecule has 74 valence electrons. The molecule has 0 aliphatic carbocycles. The van der Waals surface area contributed by atoms with Crippen LogP contribution in [0.2, 0.25) is 0 Å². The Morgan fingerprint density at radius 3 is 2.53 bits per heavy atom. The van der Waals surface area contributed by atoms with E-state index in [1.54, 1.807) is 24.3 Å². The Labute approximate surface area is 85.5 Å². The predicted octanol–water partition coefficient (Wildman–Crippen LogP) is 1.30. The van der Waals surface area contributed by atoms with E-state index in [0.29, 0.717) is 0 Å². The average Bonchev–Trinajstić information content (AvgIpc) is 2.98. The van der Waals surface area contributed by atoms with Crippen molar-refractivity contribution in [1.29, 1.82) is 0 Å². The second-order valence-electron chi connectivity index (χ2n) is 3.35. The van der Waals surface area contributed by atoms with Gasteiger partial charge in [0.2, 0.25) is 0 Å². The Balaban J connectivity index is 2.04. The number of nitrogens with one attached hydrogen (secondary N) is 1. The molecule has 1 unspecified atom stereocenters. The molecule has 15 heavy (non-hydrogen) atoms. The summed E-state index contributed by atoms with van der Waals surface area (Å²) in [4.78, 5) is 4.05. The van der Waals surface area contributed by atoms with Crippen LogP contribution < -0.4 is 0 Å². The maximum atomic E-state index is 9.18. The van der Waals surface area contributed by atoms with Crippen molar-refractivity contribution >= 4 is 6.21 Å². The van der Waals surface area contributed by atoms with Crippen LogP contribution in [0.4, 0.5) is 0 Å². The first kappa shape index (κ1) is 8.16. The van der Waals surface area contributed by atoms with Crippen LogP contribution in [0.5, 0.6) is 5.75 Å². The SMILES string of the molecule is Oc1ccc(-c2n[nH]nc2C2C=N2)cc1. The van der Waals surface area contributed by atoms with E-state index in [1.165, 1.54) is 0 Å². The van der Waals surface area contributed by atoms with E-state index in [4.69, 9.17) is 0 Å². The molecule has 3 rings (SSSR count). The van der Waals surface area contributed by atoms with Crippen molar-refractivity contribution in [2.45, 2.75) is 6.04 Å². The van der Waals surface area contributed by atoms with Gasteiger partial charge in [-0.25, -0.2) is 0 Å². The van der Waals surface area contributed by atoms with Crippen molar-refractivity contribution in [2.75, 3.05) is 0 Å². The highest BCUT2D eigenvalue weighted by Crippen LogP contribution is 2.30. The van der Waals surface area contributed by atoms with Crippen LogP contribution in [0.3, 0.4) is 0 Å². The number of H-pyrrole nitrogens is 1. The number of aromatic amines is 1. The lowest BCUT2D eigenvalue weighted by Crippen LogP contribution is -1.87. The molecule has 0 bridgehead atoms. The molecule has 5 heteroatoms. The summed E-state index contributed by atoms with van der Waals surface area (Å²) >= 11 is 0. The van der Waals surface area contributed by atoms with E-state index >= 15 is 0 Å². The highest BCUT2D eigenvalue weighted by molar-refractivity contribution is 5.82. The molecular weight excluding hydrogens is 192 g/mol. The van der Waals surface area contributed by atoms with E-state index in [-0.39, 0.29) is 11.8 Å². The molecule has 1 atom stereocenters. The third-order valence-electron chi connectivity index (χ3n) is 2.29. The van der Waals surface area contributed by atoms with Crippen LogP contribution in [-0.4, -0.2) is 26.7 Å². The third kappa shape index (κ3) is 1.38. The number of benzene rings is 1. The van der Waals surface area contributed by atoms with Crippen LogP contribution in [-0.2, 0) is 0 Å². The first-order valence-electron chi connectivity index (χ1n) is 4.58. The van der Waals surface area contributed by atoms with Crippen LogP contribution >= 0.6 is 0 Å². The molecule has 0 fully saturated rings. The lowest BCUT2D eigenvalue weighted by molar-refractivity contribution is 0.475. The smallest absolute Gasteiger partial charge is 0.130 e. The zero-order valence-corrected chi connectivity index (χ0v) is 7.75. The van der Waals surface area contributed by atoms with E-state index in [2.05, 4.69) is 20.4 Å². The van der Waals surface area contributed by atoms with Gasteiger partial charge < -0.3 is 5.11 Å². The summed E-state index contributed by atoms with van der Waals surface area (Å²) in [5, 5.41) is 19.9. The summed E-state index contributed by atoms with van der Waals surface area (Å²) < 4.78 is 0. The van der Waals surface area contributed by atoms with Gasteiger partial charge in [0.15, 0.2) is 0 Å². The third-order valence-corrected chi connectivity index (χ3v) is 2.29. The van der Waals surface area contributed by atoms with Crippen molar-refractivity contribution in [3.05, 3.63) is 30.0 Å². The molecule has 1 aliphatic rings. The fraction of sp³-hybridized carbons (Fsp3) is 0.100. The Morgan fingerprint density at radius 1 is 1.13 bits per heavy atom. The van der Waals surface area contributed by atoms with E-state index in [9.17, 15) is 5.11 Å². The minimum absolute atomic E-state index is 0.0764. The van der Waals surface area contributed by atoms with Crippen molar-refractivity contribution in [2.24, 2.45) is 4.99 Å². The fourth-order valence-corrected chi connectivity index (χ4v) is 1.46. The minimum Gasteiger partial charge on any atom is -0.508 e. The van der Waals surface area contributed by atoms with Crippen molar-refractivity contribution in [3.8, 4) is 17.0 Å². The number of aliphatic imine (C=N–C) groups is 1. The number of hydrogen-bond donors (Lipinski definition) is 2. The van der Waals surface area contributed by atoms with Crippen LogP contribution in [0.25, 0.3) is 11.3 Å². The molecule has 2 heterocycles. The van der Waals surface area contributed by atoms with Gasteiger partial charge in [-0.1, -0.05) is 0 Å². The van der Waals surface area contributed by atoms with Gasteiger partial charge in [0, 0.05) is 11.8 Å². The largest absolute Gasteiger partial charge is 0.508 e. The molecular formula is C10H8N4O. The molecule has 0 radical (unpaired) electrons. The first-order valence-corrected chi connectivity index (χ1v) is 4.58. The standard InChI is InChI=1S/C10H8N4O/c15-7-3-1-6(2-4-7)9-10(8-5-11-8)13-14-12-9/h1-5,8,15H,(H,12,13,14). The number of nitrogens with zero attached hydrogens (tertiary/aromatic N) is 3. The van der Waals surface area contributed by atoms with Gasteiger partial charge in [-0.3, -0.25) is 4.99 Å². The lowest BCUT2D eigenvalue weighted by atomic mass is 10.1. The number of hydrogen-bond acceptors (Lipinski definition) is 4. The summed E-state index contributed by atoms with van der Waals surface area (Å²) in [7, 11) is 0. The van der Waals surface area contributed by atoms with Gasteiger partial charge in [0.25, 0.3) is 0 Å². The summed E-state index contributed by atoms with van der Waals surface area (Å²) in [6, 6.07) is 6.94. The second kappa shape index (κ2) is 2.91. The van der Waals surface area contributed by atoms with Gasteiger partial charge in [-0.15, -0.1) is 0 Å². The summed E-state index contributed by atoms with van der Waals surface area (Å²) in [6.07, 6.45) is 1.82. The number of phenolic OH excluding ortho intramolecular Hbond substituents is 1. The maximum absolute atomic E-state index is 9.18. The maximum Gasteiger partial charge on any atom is 0.130 e. The Bertz CT molecular complexity index is 508. The van der Waals surface area contributed by atoms with Gasteiger partial charge in [-0.05, 0) is 24.3 Å². The number of aromatic nitrogens is 3. The Hall–Kier alpha value is -2.17. The van der Waals surface area contributed by atoms with E-state index in [0.717, 1.165) is 17.0 Å². The highest BCUT2D eigenvalue weighted by Gasteiger charge is 2.24. The van der Waals surface area contributed by atoms with E-state index in [1.807, 2.05) is 6.21 Å². The highest BCUT2D eigenvalue weighted by atomic mass is 16.3. The quantitative estimate of drug-likeness (QED) is 0.767.